The molecule has 0 spiro atoms. The van der Waals surface area contributed by atoms with Gasteiger partial charge < -0.3 is 33.8 Å². The second kappa shape index (κ2) is 56.6. The summed E-state index contributed by atoms with van der Waals surface area (Å²) in [6, 6.07) is 0. The van der Waals surface area contributed by atoms with Crippen LogP contribution in [0.5, 0.6) is 0 Å². The molecule has 0 saturated heterocycles. The minimum atomic E-state index is -4.94. The molecule has 5 atom stereocenters. The molecule has 2 unspecified atom stereocenters. The molecule has 0 aromatic carbocycles. The summed E-state index contributed by atoms with van der Waals surface area (Å²) in [5, 5.41) is 10.5. The van der Waals surface area contributed by atoms with E-state index in [0.29, 0.717) is 25.7 Å². The molecular weight excluding hydrogens is 1100 g/mol. The lowest BCUT2D eigenvalue weighted by atomic mass is 10.0. The third-order valence-electron chi connectivity index (χ3n) is 14.7. The third-order valence-corrected chi connectivity index (χ3v) is 16.6. The quantitative estimate of drug-likeness (QED) is 0.0222. The van der Waals surface area contributed by atoms with Crippen LogP contribution < -0.4 is 0 Å². The van der Waals surface area contributed by atoms with Crippen molar-refractivity contribution in [1.82, 2.24) is 0 Å². The van der Waals surface area contributed by atoms with Gasteiger partial charge in [-0.3, -0.25) is 37.3 Å². The number of rotatable bonds is 63. The standard InChI is InChI=1S/C64H124O17P2/c1-7-9-11-32-40-46-61(66)74-52-59(80-63(68)48-42-33-12-10-8-2)54-78-82(70,71)76-50-58(65)51-77-83(72,73)79-55-60(53-75-62(67)47-41-36-30-26-22-19-15-17-21-25-29-35-39-45-57(5)6)81-64(69)49-43-37-31-27-23-18-14-13-16-20-24-28-34-38-44-56(3)4/h56-60,65H,7-55H2,1-6H3,(H,70,71)(H,72,73)/t58-,59+,60+/m0/s1. The molecule has 19 heteroatoms. The lowest BCUT2D eigenvalue weighted by Gasteiger charge is -2.21. The molecule has 0 radical (unpaired) electrons. The van der Waals surface area contributed by atoms with Gasteiger partial charge in [0.15, 0.2) is 12.2 Å². The minimum absolute atomic E-state index is 0.0987. The molecule has 3 N–H and O–H groups in total. The van der Waals surface area contributed by atoms with Gasteiger partial charge >= 0.3 is 39.5 Å². The van der Waals surface area contributed by atoms with E-state index < -0.39 is 97.5 Å². The summed E-state index contributed by atoms with van der Waals surface area (Å²) in [4.78, 5) is 71.7. The predicted octanol–water partition coefficient (Wildman–Crippen LogP) is 17.7. The fourth-order valence-corrected chi connectivity index (χ4v) is 11.1. The Labute approximate surface area is 505 Å². The number of carbonyl (C=O) groups is 4. The molecule has 0 aromatic heterocycles. The largest absolute Gasteiger partial charge is 0.472 e. The first-order chi connectivity index (χ1) is 39.9. The molecule has 0 bridgehead atoms. The summed E-state index contributed by atoms with van der Waals surface area (Å²) < 4.78 is 67.6. The Balaban J connectivity index is 5.09. The molecule has 0 heterocycles. The second-order valence-corrected chi connectivity index (χ2v) is 27.0. The zero-order valence-corrected chi connectivity index (χ0v) is 55.3. The monoisotopic (exact) mass is 1230 g/mol. The van der Waals surface area contributed by atoms with E-state index in [0.717, 1.165) is 108 Å². The Hall–Kier alpha value is -1.94. The van der Waals surface area contributed by atoms with E-state index in [1.165, 1.54) is 128 Å². The van der Waals surface area contributed by atoms with Crippen LogP contribution in [0.2, 0.25) is 0 Å². The van der Waals surface area contributed by atoms with Gasteiger partial charge in [0.25, 0.3) is 0 Å². The summed E-state index contributed by atoms with van der Waals surface area (Å²) in [5.74, 6) is -0.569. The van der Waals surface area contributed by atoms with Gasteiger partial charge in [-0.25, -0.2) is 9.13 Å². The number of ether oxygens (including phenoxy) is 4. The van der Waals surface area contributed by atoms with Crippen LogP contribution in [0.3, 0.4) is 0 Å². The highest BCUT2D eigenvalue weighted by Gasteiger charge is 2.30. The Morgan fingerprint density at radius 3 is 0.819 bits per heavy atom. The highest BCUT2D eigenvalue weighted by Crippen LogP contribution is 2.45. The molecular formula is C64H124O17P2. The van der Waals surface area contributed by atoms with Crippen molar-refractivity contribution in [2.45, 2.75) is 336 Å². The molecule has 0 saturated carbocycles. The van der Waals surface area contributed by atoms with E-state index >= 15 is 0 Å². The average Bonchev–Trinajstić information content (AvgIpc) is 3.46. The van der Waals surface area contributed by atoms with E-state index in [1.54, 1.807) is 0 Å². The van der Waals surface area contributed by atoms with Crippen molar-refractivity contribution in [3.8, 4) is 0 Å². The van der Waals surface area contributed by atoms with E-state index in [-0.39, 0.29) is 25.7 Å². The van der Waals surface area contributed by atoms with Gasteiger partial charge in [-0.05, 0) is 37.5 Å². The Morgan fingerprint density at radius 1 is 0.325 bits per heavy atom. The SMILES string of the molecule is CCCCCCCC(=O)OC[C@H](COP(=O)(O)OC[C@H](O)COP(=O)(O)OC[C@@H](COC(=O)CCCCCCCCCCCCCCCC(C)C)OC(=O)CCCCCCCCCCCCCCCCC(C)C)OC(=O)CCCCCCC. The number of aliphatic hydroxyl groups excluding tert-OH is 1. The van der Waals surface area contributed by atoms with Crippen LogP contribution in [0.4, 0.5) is 0 Å². The van der Waals surface area contributed by atoms with Crippen molar-refractivity contribution >= 4 is 39.5 Å². The van der Waals surface area contributed by atoms with Crippen LogP contribution in [0.15, 0.2) is 0 Å². The number of aliphatic hydroxyl groups is 1. The molecule has 0 rings (SSSR count). The molecule has 0 amide bonds. The van der Waals surface area contributed by atoms with Crippen LogP contribution in [0.25, 0.3) is 0 Å². The van der Waals surface area contributed by atoms with Gasteiger partial charge in [-0.1, -0.05) is 266 Å². The van der Waals surface area contributed by atoms with E-state index in [1.807, 2.05) is 0 Å². The van der Waals surface area contributed by atoms with E-state index in [4.69, 9.17) is 37.0 Å². The summed E-state index contributed by atoms with van der Waals surface area (Å²) in [7, 11) is -9.87. The van der Waals surface area contributed by atoms with Crippen LogP contribution in [0, 0.1) is 11.8 Å². The van der Waals surface area contributed by atoms with Crippen molar-refractivity contribution in [1.29, 1.82) is 0 Å². The van der Waals surface area contributed by atoms with Crippen molar-refractivity contribution < 1.29 is 80.2 Å². The number of hydrogen-bond donors (Lipinski definition) is 3. The maximum absolute atomic E-state index is 13.0. The third kappa shape index (κ3) is 58.8. The fourth-order valence-electron chi connectivity index (χ4n) is 9.53. The van der Waals surface area contributed by atoms with Gasteiger partial charge in [0.1, 0.15) is 19.3 Å². The maximum Gasteiger partial charge on any atom is 0.472 e. The van der Waals surface area contributed by atoms with Crippen molar-refractivity contribution in [3.63, 3.8) is 0 Å². The fraction of sp³-hybridized carbons (Fsp3) is 0.938. The van der Waals surface area contributed by atoms with Gasteiger partial charge in [-0.15, -0.1) is 0 Å². The van der Waals surface area contributed by atoms with Crippen molar-refractivity contribution in [2.75, 3.05) is 39.6 Å². The van der Waals surface area contributed by atoms with Gasteiger partial charge in [-0.2, -0.15) is 0 Å². The maximum atomic E-state index is 13.0. The molecule has 492 valence electrons. The molecule has 0 aliphatic heterocycles. The predicted molar refractivity (Wildman–Crippen MR) is 331 cm³/mol. The Morgan fingerprint density at radius 2 is 0.554 bits per heavy atom. The molecule has 0 aliphatic carbocycles. The zero-order chi connectivity index (χ0) is 61.5. The summed E-state index contributed by atoms with van der Waals surface area (Å²) >= 11 is 0. The normalized spacial score (nSPS) is 14.3. The first-order valence-electron chi connectivity index (χ1n) is 33.5. The van der Waals surface area contributed by atoms with Crippen molar-refractivity contribution in [2.24, 2.45) is 11.8 Å². The van der Waals surface area contributed by atoms with Gasteiger partial charge in [0.2, 0.25) is 0 Å². The highest BCUT2D eigenvalue weighted by atomic mass is 31.2. The molecule has 0 aromatic rings. The van der Waals surface area contributed by atoms with Crippen LogP contribution >= 0.6 is 15.6 Å². The number of esters is 4. The number of hydrogen-bond acceptors (Lipinski definition) is 15. The molecule has 83 heavy (non-hydrogen) atoms. The first-order valence-corrected chi connectivity index (χ1v) is 36.5. The van der Waals surface area contributed by atoms with E-state index in [9.17, 15) is 43.2 Å². The van der Waals surface area contributed by atoms with Crippen LogP contribution in [-0.2, 0) is 65.4 Å². The Kier molecular flexibility index (Phi) is 55.2. The summed E-state index contributed by atoms with van der Waals surface area (Å²) in [6.07, 6.45) is 39.8. The average molecular weight is 1230 g/mol. The second-order valence-electron chi connectivity index (χ2n) is 24.1. The first kappa shape index (κ1) is 81.1. The molecule has 0 aliphatic rings. The van der Waals surface area contributed by atoms with Crippen LogP contribution in [0.1, 0.15) is 318 Å². The minimum Gasteiger partial charge on any atom is -0.462 e. The number of unbranched alkanes of at least 4 members (excludes halogenated alkanes) is 33. The Bertz CT molecular complexity index is 1630. The summed E-state index contributed by atoms with van der Waals surface area (Å²) in [5.41, 5.74) is 0. The lowest BCUT2D eigenvalue weighted by Crippen LogP contribution is -2.30. The highest BCUT2D eigenvalue weighted by molar-refractivity contribution is 7.47. The van der Waals surface area contributed by atoms with Gasteiger partial charge in [0.05, 0.1) is 26.4 Å². The number of carbonyl (C=O) groups excluding carboxylic acids is 4. The number of phosphoric ester groups is 2. The van der Waals surface area contributed by atoms with Crippen molar-refractivity contribution in [3.05, 3.63) is 0 Å². The molecule has 17 nitrogen and oxygen atoms in total. The van der Waals surface area contributed by atoms with E-state index in [2.05, 4.69) is 41.5 Å². The molecule has 0 fully saturated rings. The van der Waals surface area contributed by atoms with Crippen LogP contribution in [-0.4, -0.2) is 96.7 Å². The topological polar surface area (TPSA) is 237 Å². The smallest absolute Gasteiger partial charge is 0.462 e. The summed E-state index contributed by atoms with van der Waals surface area (Å²) in [6.45, 7) is 9.35. The number of phosphoric acid groups is 2. The zero-order valence-electron chi connectivity index (χ0n) is 53.5. The van der Waals surface area contributed by atoms with Gasteiger partial charge in [0, 0.05) is 25.7 Å². The lowest BCUT2D eigenvalue weighted by molar-refractivity contribution is -0.161.